The van der Waals surface area contributed by atoms with Crippen LogP contribution in [0.1, 0.15) is 13.3 Å². The fourth-order valence-corrected chi connectivity index (χ4v) is 0.850. The van der Waals surface area contributed by atoms with E-state index in [4.69, 9.17) is 5.73 Å². The molecule has 15 heavy (non-hydrogen) atoms. The Kier molecular flexibility index (Phi) is 6.03. The van der Waals surface area contributed by atoms with Crippen LogP contribution in [-0.2, 0) is 9.59 Å². The number of carbonyl (C=O) groups excluding carboxylic acids is 3. The predicted molar refractivity (Wildman–Crippen MR) is 53.9 cm³/mol. The molecular weight excluding hydrogens is 200 g/mol. The van der Waals surface area contributed by atoms with Gasteiger partial charge in [0.1, 0.15) is 0 Å². The van der Waals surface area contributed by atoms with Gasteiger partial charge in [0.25, 0.3) is 0 Å². The molecule has 0 spiro atoms. The Morgan fingerprint density at radius 1 is 1.33 bits per heavy atom. The largest absolute Gasteiger partial charge is 0.359 e. The molecule has 0 aliphatic rings. The SMILES string of the molecule is CNC(=O)CCNC(C)C(=O)NC(N)=O. The van der Waals surface area contributed by atoms with Gasteiger partial charge in [-0.1, -0.05) is 0 Å². The first-order chi connectivity index (χ1) is 6.97. The third-order valence-corrected chi connectivity index (χ3v) is 1.72. The molecule has 0 heterocycles. The minimum atomic E-state index is -0.889. The normalized spacial score (nSPS) is 11.6. The molecular formula is C8H16N4O3. The number of nitrogens with two attached hydrogens (primary N) is 1. The van der Waals surface area contributed by atoms with Crippen molar-refractivity contribution in [2.45, 2.75) is 19.4 Å². The molecule has 1 unspecified atom stereocenters. The number of primary amides is 1. The Bertz CT molecular complexity index is 254. The molecule has 7 nitrogen and oxygen atoms in total. The maximum absolute atomic E-state index is 11.1. The number of nitrogens with one attached hydrogen (secondary N) is 3. The fourth-order valence-electron chi connectivity index (χ4n) is 0.850. The zero-order valence-corrected chi connectivity index (χ0v) is 8.79. The highest BCUT2D eigenvalue weighted by Gasteiger charge is 2.13. The lowest BCUT2D eigenvalue weighted by molar-refractivity contribution is -0.123. The van der Waals surface area contributed by atoms with Gasteiger partial charge >= 0.3 is 6.03 Å². The molecule has 0 rings (SSSR count). The van der Waals surface area contributed by atoms with Crippen LogP contribution >= 0.6 is 0 Å². The molecule has 0 aliphatic carbocycles. The molecule has 0 aromatic heterocycles. The Morgan fingerprint density at radius 2 is 1.93 bits per heavy atom. The van der Waals surface area contributed by atoms with Crippen LogP contribution in [0.25, 0.3) is 0 Å². The van der Waals surface area contributed by atoms with Gasteiger partial charge in [-0.3, -0.25) is 14.9 Å². The van der Waals surface area contributed by atoms with Crippen LogP contribution in [0, 0.1) is 0 Å². The molecule has 0 saturated heterocycles. The highest BCUT2D eigenvalue weighted by molar-refractivity contribution is 5.96. The summed E-state index contributed by atoms with van der Waals surface area (Å²) in [6.07, 6.45) is 0.269. The van der Waals surface area contributed by atoms with Crippen molar-refractivity contribution in [2.75, 3.05) is 13.6 Å². The molecule has 0 radical (unpaired) electrons. The number of imide groups is 1. The molecule has 0 aromatic rings. The highest BCUT2D eigenvalue weighted by Crippen LogP contribution is 1.83. The zero-order valence-electron chi connectivity index (χ0n) is 8.79. The lowest BCUT2D eigenvalue weighted by Crippen LogP contribution is -2.47. The summed E-state index contributed by atoms with van der Waals surface area (Å²) in [5, 5.41) is 7.15. The summed E-state index contributed by atoms with van der Waals surface area (Å²) in [5.74, 6) is -0.635. The topological polar surface area (TPSA) is 113 Å². The van der Waals surface area contributed by atoms with Gasteiger partial charge in [-0.2, -0.15) is 0 Å². The van der Waals surface area contributed by atoms with Crippen molar-refractivity contribution in [3.05, 3.63) is 0 Å². The van der Waals surface area contributed by atoms with Crippen LogP contribution in [0.5, 0.6) is 0 Å². The minimum absolute atomic E-state index is 0.120. The first kappa shape index (κ1) is 13.4. The molecule has 4 amide bonds. The van der Waals surface area contributed by atoms with Gasteiger partial charge in [-0.25, -0.2) is 4.79 Å². The molecule has 0 bridgehead atoms. The van der Waals surface area contributed by atoms with Crippen molar-refractivity contribution in [3.8, 4) is 0 Å². The Labute approximate surface area is 87.8 Å². The molecule has 0 saturated carbocycles. The van der Waals surface area contributed by atoms with E-state index in [0.717, 1.165) is 0 Å². The summed E-state index contributed by atoms with van der Waals surface area (Å²) in [7, 11) is 1.53. The fraction of sp³-hybridized carbons (Fsp3) is 0.625. The van der Waals surface area contributed by atoms with E-state index in [0.29, 0.717) is 6.54 Å². The molecule has 5 N–H and O–H groups in total. The van der Waals surface area contributed by atoms with Crippen molar-refractivity contribution < 1.29 is 14.4 Å². The zero-order chi connectivity index (χ0) is 11.8. The smallest absolute Gasteiger partial charge is 0.318 e. The predicted octanol–water partition coefficient (Wildman–Crippen LogP) is -1.70. The summed E-state index contributed by atoms with van der Waals surface area (Å²) in [4.78, 5) is 32.3. The van der Waals surface area contributed by atoms with Gasteiger partial charge in [-0.05, 0) is 6.92 Å². The molecule has 0 aliphatic heterocycles. The van der Waals surface area contributed by atoms with Crippen LogP contribution in [0.15, 0.2) is 0 Å². The number of urea groups is 1. The molecule has 1 atom stereocenters. The van der Waals surface area contributed by atoms with E-state index in [2.05, 4.69) is 10.6 Å². The Balaban J connectivity index is 3.73. The van der Waals surface area contributed by atoms with E-state index in [1.54, 1.807) is 6.92 Å². The van der Waals surface area contributed by atoms with Crippen LogP contribution in [-0.4, -0.2) is 37.5 Å². The van der Waals surface area contributed by atoms with Crippen molar-refractivity contribution >= 4 is 17.8 Å². The second-order valence-electron chi connectivity index (χ2n) is 2.95. The van der Waals surface area contributed by atoms with Gasteiger partial charge in [0, 0.05) is 20.0 Å². The van der Waals surface area contributed by atoms with Crippen LogP contribution in [0.3, 0.4) is 0 Å². The van der Waals surface area contributed by atoms with Gasteiger partial charge in [0.15, 0.2) is 0 Å². The number of amides is 4. The van der Waals surface area contributed by atoms with Crippen LogP contribution in [0.2, 0.25) is 0 Å². The number of carbonyl (C=O) groups is 3. The van der Waals surface area contributed by atoms with E-state index in [1.807, 2.05) is 5.32 Å². The summed E-state index contributed by atoms with van der Waals surface area (Å²) < 4.78 is 0. The second-order valence-corrected chi connectivity index (χ2v) is 2.95. The van der Waals surface area contributed by atoms with Gasteiger partial charge in [0.05, 0.1) is 6.04 Å². The van der Waals surface area contributed by atoms with Gasteiger partial charge in [-0.15, -0.1) is 0 Å². The van der Waals surface area contributed by atoms with E-state index in [9.17, 15) is 14.4 Å². The molecule has 0 fully saturated rings. The average molecular weight is 216 g/mol. The average Bonchev–Trinajstić information content (AvgIpc) is 2.16. The first-order valence-corrected chi connectivity index (χ1v) is 4.51. The quantitative estimate of drug-likeness (QED) is 0.438. The van der Waals surface area contributed by atoms with E-state index >= 15 is 0 Å². The van der Waals surface area contributed by atoms with Crippen molar-refractivity contribution in [1.82, 2.24) is 16.0 Å². The summed E-state index contributed by atoms with van der Waals surface area (Å²) >= 11 is 0. The molecule has 7 heteroatoms. The number of rotatable bonds is 5. The van der Waals surface area contributed by atoms with Crippen LogP contribution < -0.4 is 21.7 Å². The van der Waals surface area contributed by atoms with Crippen LogP contribution in [0.4, 0.5) is 4.79 Å². The van der Waals surface area contributed by atoms with Crippen molar-refractivity contribution in [1.29, 1.82) is 0 Å². The summed E-state index contributed by atoms with van der Waals surface area (Å²) in [6, 6.07) is -1.46. The number of hydrogen-bond donors (Lipinski definition) is 4. The standard InChI is InChI=1S/C8H16N4O3/c1-5(7(14)12-8(9)15)11-4-3-6(13)10-2/h5,11H,3-4H2,1-2H3,(H,10,13)(H3,9,12,14,15). The Hall–Kier alpha value is -1.63. The highest BCUT2D eigenvalue weighted by atomic mass is 16.2. The monoisotopic (exact) mass is 216 g/mol. The Morgan fingerprint density at radius 3 is 2.40 bits per heavy atom. The lowest BCUT2D eigenvalue weighted by atomic mass is 10.3. The first-order valence-electron chi connectivity index (χ1n) is 4.51. The molecule has 0 aromatic carbocycles. The second kappa shape index (κ2) is 6.77. The molecule has 86 valence electrons. The maximum Gasteiger partial charge on any atom is 0.318 e. The third kappa shape index (κ3) is 6.44. The third-order valence-electron chi connectivity index (χ3n) is 1.72. The van der Waals surface area contributed by atoms with E-state index in [-0.39, 0.29) is 12.3 Å². The lowest BCUT2D eigenvalue weighted by Gasteiger charge is -2.11. The van der Waals surface area contributed by atoms with E-state index < -0.39 is 18.0 Å². The van der Waals surface area contributed by atoms with Crippen molar-refractivity contribution in [2.24, 2.45) is 5.73 Å². The summed E-state index contributed by atoms with van der Waals surface area (Å²) in [5.41, 5.74) is 4.77. The van der Waals surface area contributed by atoms with Gasteiger partial charge in [0.2, 0.25) is 11.8 Å². The van der Waals surface area contributed by atoms with Gasteiger partial charge < -0.3 is 16.4 Å². The number of hydrogen-bond acceptors (Lipinski definition) is 4. The van der Waals surface area contributed by atoms with E-state index in [1.165, 1.54) is 7.05 Å². The maximum atomic E-state index is 11.1. The van der Waals surface area contributed by atoms with Crippen molar-refractivity contribution in [3.63, 3.8) is 0 Å². The summed E-state index contributed by atoms with van der Waals surface area (Å²) in [6.45, 7) is 1.93. The minimum Gasteiger partial charge on any atom is -0.359 e.